The Kier molecular flexibility index (Phi) is 17.1. The number of hydrogen-bond donors (Lipinski definition) is 0. The average molecular weight is 483 g/mol. The van der Waals surface area contributed by atoms with Gasteiger partial charge in [-0.1, -0.05) is 164 Å². The van der Waals surface area contributed by atoms with E-state index in [1.165, 1.54) is 89.9 Å². The van der Waals surface area contributed by atoms with Gasteiger partial charge in [-0.3, -0.25) is 0 Å². The molecule has 0 N–H and O–H groups in total. The summed E-state index contributed by atoms with van der Waals surface area (Å²) in [4.78, 5) is 0. The van der Waals surface area contributed by atoms with Crippen molar-refractivity contribution in [3.8, 4) is 23.7 Å². The Hall–Kier alpha value is -2.44. The van der Waals surface area contributed by atoms with Gasteiger partial charge in [0.05, 0.1) is 0 Å². The Morgan fingerprint density at radius 2 is 0.778 bits per heavy atom. The van der Waals surface area contributed by atoms with Crippen molar-refractivity contribution >= 4 is 0 Å². The first-order valence-corrected chi connectivity index (χ1v) is 15.0. The van der Waals surface area contributed by atoms with Crippen molar-refractivity contribution < 1.29 is 0 Å². The van der Waals surface area contributed by atoms with Gasteiger partial charge in [-0.05, 0) is 37.1 Å². The van der Waals surface area contributed by atoms with Crippen molar-refractivity contribution in [2.24, 2.45) is 11.8 Å². The summed E-state index contributed by atoms with van der Waals surface area (Å²) in [6, 6.07) is 21.0. The molecular weight excluding hydrogens is 432 g/mol. The minimum atomic E-state index is 0.345. The van der Waals surface area contributed by atoms with Crippen LogP contribution in [0, 0.1) is 35.5 Å². The lowest BCUT2D eigenvalue weighted by atomic mass is 9.84. The van der Waals surface area contributed by atoms with Crippen molar-refractivity contribution in [3.05, 3.63) is 71.8 Å². The highest BCUT2D eigenvalue weighted by Crippen LogP contribution is 2.25. The maximum absolute atomic E-state index is 3.70. The van der Waals surface area contributed by atoms with Crippen LogP contribution >= 0.6 is 0 Å². The van der Waals surface area contributed by atoms with E-state index in [4.69, 9.17) is 0 Å². The van der Waals surface area contributed by atoms with Crippen LogP contribution in [0.5, 0.6) is 0 Å². The molecule has 2 atom stereocenters. The highest BCUT2D eigenvalue weighted by molar-refractivity contribution is 5.37. The second-order valence-corrected chi connectivity index (χ2v) is 10.3. The van der Waals surface area contributed by atoms with Crippen molar-refractivity contribution in [3.63, 3.8) is 0 Å². The second-order valence-electron chi connectivity index (χ2n) is 10.3. The SMILES string of the molecule is CCCCCCCCCC(C#Cc1ccccc1)C(C#Cc1ccccc1)CCCCCCCCC. The maximum Gasteiger partial charge on any atom is 0.0344 e. The normalized spacial score (nSPS) is 12.2. The van der Waals surface area contributed by atoms with E-state index in [2.05, 4.69) is 98.2 Å². The fraction of sp³-hybridized carbons (Fsp3) is 0.556. The van der Waals surface area contributed by atoms with Gasteiger partial charge >= 0.3 is 0 Å². The van der Waals surface area contributed by atoms with E-state index in [1.54, 1.807) is 0 Å². The van der Waals surface area contributed by atoms with Crippen LogP contribution in [-0.4, -0.2) is 0 Å². The lowest BCUT2D eigenvalue weighted by Crippen LogP contribution is -2.12. The molecule has 0 nitrogen and oxygen atoms in total. The molecule has 194 valence electrons. The van der Waals surface area contributed by atoms with Gasteiger partial charge in [0, 0.05) is 23.0 Å². The van der Waals surface area contributed by atoms with Gasteiger partial charge in [-0.15, -0.1) is 0 Å². The highest BCUT2D eigenvalue weighted by Gasteiger charge is 2.17. The molecule has 0 amide bonds. The Bertz CT molecular complexity index is 810. The fourth-order valence-corrected chi connectivity index (χ4v) is 4.79. The van der Waals surface area contributed by atoms with Gasteiger partial charge in [0.25, 0.3) is 0 Å². The summed E-state index contributed by atoms with van der Waals surface area (Å²) in [6.07, 6.45) is 21.1. The zero-order valence-corrected chi connectivity index (χ0v) is 23.2. The molecule has 0 aliphatic carbocycles. The first-order valence-electron chi connectivity index (χ1n) is 15.0. The van der Waals surface area contributed by atoms with E-state index in [0.717, 1.165) is 24.0 Å². The van der Waals surface area contributed by atoms with Crippen LogP contribution in [0.3, 0.4) is 0 Å². The molecule has 0 saturated heterocycles. The Morgan fingerprint density at radius 3 is 1.14 bits per heavy atom. The summed E-state index contributed by atoms with van der Waals surface area (Å²) in [5.41, 5.74) is 2.24. The van der Waals surface area contributed by atoms with Gasteiger partial charge in [-0.2, -0.15) is 0 Å². The molecule has 0 aromatic heterocycles. The molecular formula is C36H50. The zero-order chi connectivity index (χ0) is 25.5. The molecule has 0 fully saturated rings. The Morgan fingerprint density at radius 1 is 0.444 bits per heavy atom. The third-order valence-corrected chi connectivity index (χ3v) is 7.07. The zero-order valence-electron chi connectivity index (χ0n) is 23.2. The molecule has 2 aromatic carbocycles. The van der Waals surface area contributed by atoms with Crippen LogP contribution in [0.2, 0.25) is 0 Å². The molecule has 0 bridgehead atoms. The van der Waals surface area contributed by atoms with Gasteiger partial charge in [-0.25, -0.2) is 0 Å². The van der Waals surface area contributed by atoms with Crippen LogP contribution in [-0.2, 0) is 0 Å². The van der Waals surface area contributed by atoms with E-state index in [9.17, 15) is 0 Å². The number of unbranched alkanes of at least 4 members (excludes halogenated alkanes) is 12. The van der Waals surface area contributed by atoms with Gasteiger partial charge in [0.15, 0.2) is 0 Å². The number of benzene rings is 2. The molecule has 2 unspecified atom stereocenters. The monoisotopic (exact) mass is 482 g/mol. The third kappa shape index (κ3) is 14.2. The molecule has 0 heterocycles. The van der Waals surface area contributed by atoms with Crippen molar-refractivity contribution in [2.45, 2.75) is 117 Å². The topological polar surface area (TPSA) is 0 Å². The standard InChI is InChI=1S/C36H50/c1-3-5-7-9-11-13-21-27-35(31-29-33-23-17-15-18-24-33)36(28-22-14-12-10-8-6-4-2)32-30-34-25-19-16-20-26-34/h15-20,23-26,35-36H,3-14,21-22,27-28H2,1-2H3. The summed E-state index contributed by atoms with van der Waals surface area (Å²) in [5, 5.41) is 0. The molecule has 0 aliphatic heterocycles. The molecule has 0 heteroatoms. The number of hydrogen-bond acceptors (Lipinski definition) is 0. The summed E-state index contributed by atoms with van der Waals surface area (Å²) in [5.74, 6) is 15.1. The predicted molar refractivity (Wildman–Crippen MR) is 159 cm³/mol. The first kappa shape index (κ1) is 29.8. The van der Waals surface area contributed by atoms with Crippen LogP contribution in [0.15, 0.2) is 60.7 Å². The summed E-state index contributed by atoms with van der Waals surface area (Å²) >= 11 is 0. The molecule has 0 saturated carbocycles. The molecule has 36 heavy (non-hydrogen) atoms. The van der Waals surface area contributed by atoms with Crippen LogP contribution in [0.1, 0.15) is 128 Å². The van der Waals surface area contributed by atoms with Crippen molar-refractivity contribution in [1.82, 2.24) is 0 Å². The van der Waals surface area contributed by atoms with E-state index in [-0.39, 0.29) is 0 Å². The third-order valence-electron chi connectivity index (χ3n) is 7.07. The predicted octanol–water partition coefficient (Wildman–Crippen LogP) is 10.6. The molecule has 0 aliphatic rings. The van der Waals surface area contributed by atoms with E-state index in [0.29, 0.717) is 11.8 Å². The summed E-state index contributed by atoms with van der Waals surface area (Å²) in [6.45, 7) is 4.58. The largest absolute Gasteiger partial charge is 0.0932 e. The van der Waals surface area contributed by atoms with Crippen molar-refractivity contribution in [2.75, 3.05) is 0 Å². The van der Waals surface area contributed by atoms with Gasteiger partial charge in [0.1, 0.15) is 0 Å². The smallest absolute Gasteiger partial charge is 0.0344 e. The first-order chi connectivity index (χ1) is 17.8. The summed E-state index contributed by atoms with van der Waals surface area (Å²) < 4.78 is 0. The molecule has 2 rings (SSSR count). The number of rotatable bonds is 17. The Labute approximate surface area is 223 Å². The minimum absolute atomic E-state index is 0.345. The van der Waals surface area contributed by atoms with Crippen LogP contribution in [0.4, 0.5) is 0 Å². The van der Waals surface area contributed by atoms with Crippen LogP contribution in [0.25, 0.3) is 0 Å². The average Bonchev–Trinajstić information content (AvgIpc) is 2.92. The minimum Gasteiger partial charge on any atom is -0.0932 e. The van der Waals surface area contributed by atoms with E-state index < -0.39 is 0 Å². The molecule has 0 radical (unpaired) electrons. The Balaban J connectivity index is 2.07. The van der Waals surface area contributed by atoms with Gasteiger partial charge in [0.2, 0.25) is 0 Å². The maximum atomic E-state index is 3.70. The van der Waals surface area contributed by atoms with Gasteiger partial charge < -0.3 is 0 Å². The van der Waals surface area contributed by atoms with Crippen molar-refractivity contribution in [1.29, 1.82) is 0 Å². The summed E-state index contributed by atoms with van der Waals surface area (Å²) in [7, 11) is 0. The fourth-order valence-electron chi connectivity index (χ4n) is 4.79. The van der Waals surface area contributed by atoms with E-state index in [1.807, 2.05) is 0 Å². The lowest BCUT2D eigenvalue weighted by molar-refractivity contribution is 0.407. The quantitative estimate of drug-likeness (QED) is 0.155. The molecule has 0 spiro atoms. The molecule has 2 aromatic rings. The van der Waals surface area contributed by atoms with E-state index >= 15 is 0 Å². The lowest BCUT2D eigenvalue weighted by Gasteiger charge is -2.19. The van der Waals surface area contributed by atoms with Crippen LogP contribution < -0.4 is 0 Å². The highest BCUT2D eigenvalue weighted by atomic mass is 14.2. The second kappa shape index (κ2) is 20.7.